The van der Waals surface area contributed by atoms with Crippen LogP contribution < -0.4 is 0 Å². The Kier molecular flexibility index (Phi) is 9.72. The van der Waals surface area contributed by atoms with Crippen molar-refractivity contribution in [1.82, 2.24) is 0 Å². The van der Waals surface area contributed by atoms with Gasteiger partial charge in [0.2, 0.25) is 0 Å². The van der Waals surface area contributed by atoms with E-state index in [1.165, 1.54) is 18.2 Å². The number of phenolic OH excluding ortho intramolecular Hbond substituents is 2. The van der Waals surface area contributed by atoms with Gasteiger partial charge >= 0.3 is 11.9 Å². The molecule has 1 rings (SSSR count). The zero-order chi connectivity index (χ0) is 22.1. The molecule has 3 atom stereocenters. The van der Waals surface area contributed by atoms with Crippen molar-refractivity contribution >= 4 is 11.9 Å². The van der Waals surface area contributed by atoms with E-state index in [1.54, 1.807) is 0 Å². The Morgan fingerprint density at radius 3 is 2.14 bits per heavy atom. The molecule has 4 N–H and O–H groups in total. The number of carboxylic acid groups (broad SMARTS) is 2. The molecule has 0 spiro atoms. The third kappa shape index (κ3) is 8.18. The SMILES string of the molecule is CC(=CCc1cc(O)ccc1O)CCC(C(=O)O)C(C)CCC(C(=O)O)C(C)C. The minimum absolute atomic E-state index is 0.0157. The van der Waals surface area contributed by atoms with Crippen molar-refractivity contribution in [1.29, 1.82) is 0 Å². The Labute approximate surface area is 172 Å². The molecule has 1 aromatic carbocycles. The summed E-state index contributed by atoms with van der Waals surface area (Å²) in [6.07, 6.45) is 4.50. The molecule has 0 aromatic heterocycles. The molecule has 6 nitrogen and oxygen atoms in total. The molecule has 0 saturated heterocycles. The number of carboxylic acids is 2. The number of allylic oxidation sites excluding steroid dienone is 2. The van der Waals surface area contributed by atoms with E-state index in [0.29, 0.717) is 37.7 Å². The fourth-order valence-electron chi connectivity index (χ4n) is 3.54. The van der Waals surface area contributed by atoms with Crippen LogP contribution in [-0.2, 0) is 16.0 Å². The summed E-state index contributed by atoms with van der Waals surface area (Å²) in [5.41, 5.74) is 1.62. The standard InChI is InChI=1S/C23H34O6/c1-14(2)19(22(26)27)11-7-16(4)20(23(28)29)10-6-15(3)5-8-17-13-18(24)9-12-21(17)25/h5,9,12-14,16,19-20,24-25H,6-8,10-11H2,1-4H3,(H,26,27)(H,28,29). The Balaban J connectivity index is 2.65. The summed E-state index contributed by atoms with van der Waals surface area (Å²) in [7, 11) is 0. The average molecular weight is 407 g/mol. The maximum atomic E-state index is 11.7. The molecule has 3 unspecified atom stereocenters. The number of aliphatic carboxylic acids is 2. The highest BCUT2D eigenvalue weighted by atomic mass is 16.4. The van der Waals surface area contributed by atoms with E-state index in [1.807, 2.05) is 33.8 Å². The predicted octanol–water partition coefficient (Wildman–Crippen LogP) is 4.84. The number of carbonyl (C=O) groups is 2. The fourth-order valence-corrected chi connectivity index (χ4v) is 3.54. The van der Waals surface area contributed by atoms with Gasteiger partial charge < -0.3 is 20.4 Å². The van der Waals surface area contributed by atoms with E-state index in [2.05, 4.69) is 0 Å². The quantitative estimate of drug-likeness (QED) is 0.292. The van der Waals surface area contributed by atoms with Crippen molar-refractivity contribution in [3.8, 4) is 11.5 Å². The van der Waals surface area contributed by atoms with Gasteiger partial charge in [-0.1, -0.05) is 32.4 Å². The van der Waals surface area contributed by atoms with Crippen LogP contribution in [0.15, 0.2) is 29.8 Å². The van der Waals surface area contributed by atoms with Crippen LogP contribution in [0.4, 0.5) is 0 Å². The van der Waals surface area contributed by atoms with E-state index >= 15 is 0 Å². The summed E-state index contributed by atoms with van der Waals surface area (Å²) >= 11 is 0. The number of hydrogen-bond donors (Lipinski definition) is 4. The first-order valence-corrected chi connectivity index (χ1v) is 10.1. The van der Waals surface area contributed by atoms with Crippen LogP contribution in [0.5, 0.6) is 11.5 Å². The lowest BCUT2D eigenvalue weighted by molar-refractivity contribution is -0.144. The van der Waals surface area contributed by atoms with Crippen LogP contribution in [0.1, 0.15) is 58.9 Å². The summed E-state index contributed by atoms with van der Waals surface area (Å²) < 4.78 is 0. The molecule has 0 aliphatic heterocycles. The molecular formula is C23H34O6. The van der Waals surface area contributed by atoms with Crippen LogP contribution in [0.2, 0.25) is 0 Å². The molecule has 0 fully saturated rings. The topological polar surface area (TPSA) is 115 Å². The van der Waals surface area contributed by atoms with Crippen molar-refractivity contribution in [3.63, 3.8) is 0 Å². The number of phenols is 2. The number of benzene rings is 1. The average Bonchev–Trinajstić information content (AvgIpc) is 2.61. The first-order valence-electron chi connectivity index (χ1n) is 10.1. The summed E-state index contributed by atoms with van der Waals surface area (Å²) in [5, 5.41) is 38.3. The molecular weight excluding hydrogens is 372 g/mol. The highest BCUT2D eigenvalue weighted by Gasteiger charge is 2.27. The molecule has 0 saturated carbocycles. The maximum Gasteiger partial charge on any atom is 0.306 e. The van der Waals surface area contributed by atoms with Crippen molar-refractivity contribution in [3.05, 3.63) is 35.4 Å². The predicted molar refractivity (Wildman–Crippen MR) is 112 cm³/mol. The Hall–Kier alpha value is -2.50. The Morgan fingerprint density at radius 1 is 0.966 bits per heavy atom. The van der Waals surface area contributed by atoms with Gasteiger partial charge in [0.15, 0.2) is 0 Å². The van der Waals surface area contributed by atoms with E-state index in [4.69, 9.17) is 0 Å². The van der Waals surface area contributed by atoms with E-state index in [-0.39, 0.29) is 23.3 Å². The first-order chi connectivity index (χ1) is 13.5. The van der Waals surface area contributed by atoms with Gasteiger partial charge in [-0.3, -0.25) is 9.59 Å². The fraction of sp³-hybridized carbons (Fsp3) is 0.565. The van der Waals surface area contributed by atoms with Crippen molar-refractivity contribution in [2.75, 3.05) is 0 Å². The van der Waals surface area contributed by atoms with Gasteiger partial charge in [-0.25, -0.2) is 0 Å². The number of rotatable bonds is 12. The lowest BCUT2D eigenvalue weighted by atomic mass is 9.81. The molecule has 0 heterocycles. The van der Waals surface area contributed by atoms with Crippen LogP contribution in [0.25, 0.3) is 0 Å². The highest BCUT2D eigenvalue weighted by molar-refractivity contribution is 5.71. The molecule has 162 valence electrons. The highest BCUT2D eigenvalue weighted by Crippen LogP contribution is 2.28. The Bertz CT molecular complexity index is 722. The normalized spacial score (nSPS) is 15.1. The molecule has 0 bridgehead atoms. The second-order valence-electron chi connectivity index (χ2n) is 8.29. The minimum Gasteiger partial charge on any atom is -0.508 e. The van der Waals surface area contributed by atoms with Crippen molar-refractivity contribution in [2.24, 2.45) is 23.7 Å². The van der Waals surface area contributed by atoms with Crippen LogP contribution >= 0.6 is 0 Å². The second-order valence-corrected chi connectivity index (χ2v) is 8.29. The van der Waals surface area contributed by atoms with Crippen molar-refractivity contribution in [2.45, 2.75) is 59.8 Å². The first kappa shape index (κ1) is 24.5. The van der Waals surface area contributed by atoms with Crippen LogP contribution in [0, 0.1) is 23.7 Å². The summed E-state index contributed by atoms with van der Waals surface area (Å²) in [5.74, 6) is -2.57. The largest absolute Gasteiger partial charge is 0.508 e. The van der Waals surface area contributed by atoms with Gasteiger partial charge in [-0.2, -0.15) is 0 Å². The van der Waals surface area contributed by atoms with Gasteiger partial charge in [0.05, 0.1) is 11.8 Å². The lowest BCUT2D eigenvalue weighted by Gasteiger charge is -2.23. The van der Waals surface area contributed by atoms with Gasteiger partial charge in [0, 0.05) is 5.56 Å². The Morgan fingerprint density at radius 2 is 1.59 bits per heavy atom. The molecule has 0 radical (unpaired) electrons. The van der Waals surface area contributed by atoms with Gasteiger partial charge in [-0.05, 0) is 69.1 Å². The molecule has 29 heavy (non-hydrogen) atoms. The molecule has 0 amide bonds. The van der Waals surface area contributed by atoms with E-state index in [0.717, 1.165) is 5.57 Å². The van der Waals surface area contributed by atoms with Crippen LogP contribution in [0.3, 0.4) is 0 Å². The number of aromatic hydroxyl groups is 2. The monoisotopic (exact) mass is 406 g/mol. The zero-order valence-electron chi connectivity index (χ0n) is 17.8. The molecule has 0 aliphatic rings. The second kappa shape index (κ2) is 11.5. The maximum absolute atomic E-state index is 11.7. The summed E-state index contributed by atoms with van der Waals surface area (Å²) in [4.78, 5) is 23.1. The van der Waals surface area contributed by atoms with Gasteiger partial charge in [0.1, 0.15) is 11.5 Å². The van der Waals surface area contributed by atoms with E-state index < -0.39 is 23.8 Å². The zero-order valence-corrected chi connectivity index (χ0v) is 17.8. The van der Waals surface area contributed by atoms with Crippen LogP contribution in [-0.4, -0.2) is 32.4 Å². The number of hydrogen-bond acceptors (Lipinski definition) is 4. The minimum atomic E-state index is -0.854. The molecule has 0 aliphatic carbocycles. The lowest BCUT2D eigenvalue weighted by Crippen LogP contribution is -2.25. The smallest absolute Gasteiger partial charge is 0.306 e. The third-order valence-electron chi connectivity index (χ3n) is 5.64. The summed E-state index contributed by atoms with van der Waals surface area (Å²) in [6, 6.07) is 4.37. The van der Waals surface area contributed by atoms with Gasteiger partial charge in [-0.15, -0.1) is 0 Å². The summed E-state index contributed by atoms with van der Waals surface area (Å²) in [6.45, 7) is 7.54. The molecule has 1 aromatic rings. The molecule has 6 heteroatoms. The van der Waals surface area contributed by atoms with Crippen molar-refractivity contribution < 1.29 is 30.0 Å². The van der Waals surface area contributed by atoms with Gasteiger partial charge in [0.25, 0.3) is 0 Å². The third-order valence-corrected chi connectivity index (χ3v) is 5.64. The van der Waals surface area contributed by atoms with E-state index in [9.17, 15) is 30.0 Å².